The average molecular weight is 356 g/mol. The number of benzene rings is 1. The van der Waals surface area contributed by atoms with Crippen molar-refractivity contribution < 1.29 is 9.53 Å². The van der Waals surface area contributed by atoms with Gasteiger partial charge in [-0.2, -0.15) is 0 Å². The van der Waals surface area contributed by atoms with Gasteiger partial charge in [-0.1, -0.05) is 0 Å². The van der Waals surface area contributed by atoms with Gasteiger partial charge in [-0.25, -0.2) is 4.98 Å². The lowest BCUT2D eigenvalue weighted by molar-refractivity contribution is -0.125. The van der Waals surface area contributed by atoms with Gasteiger partial charge in [0.2, 0.25) is 11.9 Å². The van der Waals surface area contributed by atoms with Gasteiger partial charge in [-0.15, -0.1) is 0 Å². The van der Waals surface area contributed by atoms with Crippen molar-refractivity contribution in [3.8, 4) is 0 Å². The van der Waals surface area contributed by atoms with Gasteiger partial charge in [0.1, 0.15) is 0 Å². The molecule has 1 amide bonds. The van der Waals surface area contributed by atoms with Gasteiger partial charge in [0.05, 0.1) is 17.6 Å². The number of rotatable bonds is 4. The molecule has 4 rings (SSSR count). The van der Waals surface area contributed by atoms with Crippen molar-refractivity contribution >= 4 is 22.9 Å². The van der Waals surface area contributed by atoms with Gasteiger partial charge in [-0.3, -0.25) is 4.79 Å². The van der Waals surface area contributed by atoms with Crippen molar-refractivity contribution in [3.05, 3.63) is 23.3 Å². The first kappa shape index (κ1) is 17.3. The van der Waals surface area contributed by atoms with Crippen molar-refractivity contribution in [2.24, 2.45) is 11.8 Å². The largest absolute Gasteiger partial charge is 0.381 e. The van der Waals surface area contributed by atoms with Crippen LogP contribution in [0.5, 0.6) is 0 Å². The minimum absolute atomic E-state index is 0.113. The first-order valence-corrected chi connectivity index (χ1v) is 9.67. The van der Waals surface area contributed by atoms with Crippen molar-refractivity contribution in [2.45, 2.75) is 33.1 Å². The van der Waals surface area contributed by atoms with E-state index in [9.17, 15) is 4.79 Å². The number of aromatic amines is 1. The smallest absolute Gasteiger partial charge is 0.223 e. The Kier molecular flexibility index (Phi) is 4.85. The summed E-state index contributed by atoms with van der Waals surface area (Å²) in [5.41, 5.74) is 4.64. The Morgan fingerprint density at radius 3 is 2.77 bits per heavy atom. The Morgan fingerprint density at radius 1 is 1.27 bits per heavy atom. The second-order valence-corrected chi connectivity index (χ2v) is 7.75. The zero-order valence-corrected chi connectivity index (χ0v) is 15.7. The van der Waals surface area contributed by atoms with E-state index in [1.165, 1.54) is 11.1 Å². The zero-order valence-electron chi connectivity index (χ0n) is 15.7. The number of H-pyrrole nitrogens is 1. The number of anilines is 1. The highest BCUT2D eigenvalue weighted by molar-refractivity contribution is 5.80. The van der Waals surface area contributed by atoms with E-state index in [-0.39, 0.29) is 11.8 Å². The Bertz CT molecular complexity index is 747. The lowest BCUT2D eigenvalue weighted by Gasteiger charge is -2.31. The maximum Gasteiger partial charge on any atom is 0.223 e. The van der Waals surface area contributed by atoms with Gasteiger partial charge in [-0.05, 0) is 56.4 Å². The number of nitrogens with one attached hydrogen (secondary N) is 2. The zero-order chi connectivity index (χ0) is 18.1. The molecule has 3 heterocycles. The minimum atomic E-state index is 0.113. The van der Waals surface area contributed by atoms with Crippen LogP contribution in [-0.2, 0) is 9.53 Å². The Labute approximate surface area is 154 Å². The van der Waals surface area contributed by atoms with E-state index in [1.807, 2.05) is 0 Å². The lowest BCUT2D eigenvalue weighted by atomic mass is 9.96. The maximum atomic E-state index is 12.4. The first-order valence-electron chi connectivity index (χ1n) is 9.67. The molecule has 2 saturated heterocycles. The molecule has 1 aromatic heterocycles. The molecular weight excluding hydrogens is 328 g/mol. The third kappa shape index (κ3) is 3.56. The number of carbonyl (C=O) groups is 1. The molecule has 2 fully saturated rings. The molecule has 140 valence electrons. The highest BCUT2D eigenvalue weighted by atomic mass is 16.5. The Balaban J connectivity index is 1.33. The molecule has 0 saturated carbocycles. The van der Waals surface area contributed by atoms with Gasteiger partial charge >= 0.3 is 0 Å². The van der Waals surface area contributed by atoms with E-state index in [1.54, 1.807) is 0 Å². The van der Waals surface area contributed by atoms with Gasteiger partial charge in [0.15, 0.2) is 0 Å². The summed E-state index contributed by atoms with van der Waals surface area (Å²) < 4.78 is 5.37. The summed E-state index contributed by atoms with van der Waals surface area (Å²) in [5, 5.41) is 3.12. The molecule has 0 radical (unpaired) electrons. The normalized spacial score (nSPS) is 21.5. The molecule has 6 nitrogen and oxygen atoms in total. The summed E-state index contributed by atoms with van der Waals surface area (Å²) in [4.78, 5) is 22.9. The number of amides is 1. The third-order valence-corrected chi connectivity index (χ3v) is 5.84. The van der Waals surface area contributed by atoms with Crippen LogP contribution in [0.25, 0.3) is 11.0 Å². The predicted octanol–water partition coefficient (Wildman–Crippen LogP) is 2.55. The third-order valence-electron chi connectivity index (χ3n) is 5.84. The lowest BCUT2D eigenvalue weighted by Crippen LogP contribution is -2.42. The van der Waals surface area contributed by atoms with Crippen LogP contribution in [0, 0.1) is 25.7 Å². The molecule has 2 aliphatic rings. The number of hydrogen-bond acceptors (Lipinski definition) is 4. The molecule has 0 aliphatic carbocycles. The highest BCUT2D eigenvalue weighted by Gasteiger charge is 2.27. The van der Waals surface area contributed by atoms with Crippen LogP contribution in [0.4, 0.5) is 5.95 Å². The molecule has 1 unspecified atom stereocenters. The molecule has 1 aromatic carbocycles. The molecule has 6 heteroatoms. The van der Waals surface area contributed by atoms with E-state index in [2.05, 4.69) is 41.2 Å². The number of aromatic nitrogens is 2. The van der Waals surface area contributed by atoms with Crippen LogP contribution in [0.1, 0.15) is 30.4 Å². The minimum Gasteiger partial charge on any atom is -0.381 e. The Morgan fingerprint density at radius 2 is 2.04 bits per heavy atom. The fraction of sp³-hybridized carbons (Fsp3) is 0.600. The molecule has 2 aromatic rings. The summed E-state index contributed by atoms with van der Waals surface area (Å²) in [6.45, 7) is 8.33. The number of ether oxygens (including phenoxy) is 1. The summed E-state index contributed by atoms with van der Waals surface area (Å²) in [6.07, 6.45) is 2.81. The molecule has 1 atom stereocenters. The molecule has 26 heavy (non-hydrogen) atoms. The van der Waals surface area contributed by atoms with Crippen LogP contribution in [-0.4, -0.2) is 48.7 Å². The first-order chi connectivity index (χ1) is 12.6. The van der Waals surface area contributed by atoms with Crippen LogP contribution in [0.3, 0.4) is 0 Å². The van der Waals surface area contributed by atoms with E-state index < -0.39 is 0 Å². The topological polar surface area (TPSA) is 70.2 Å². The molecule has 2 N–H and O–H groups in total. The molecule has 0 bridgehead atoms. The second-order valence-electron chi connectivity index (χ2n) is 7.75. The van der Waals surface area contributed by atoms with E-state index in [0.29, 0.717) is 5.92 Å². The molecular formula is C20H28N4O2. The number of nitrogens with zero attached hydrogens (tertiary/aromatic N) is 2. The van der Waals surface area contributed by atoms with Crippen molar-refractivity contribution in [1.29, 1.82) is 0 Å². The SMILES string of the molecule is Cc1cc2nc(N3CCC(C(=O)NCC4CCOC4)CC3)[nH]c2cc1C. The van der Waals surface area contributed by atoms with Gasteiger partial charge in [0.25, 0.3) is 0 Å². The fourth-order valence-corrected chi connectivity index (χ4v) is 3.89. The average Bonchev–Trinajstić information content (AvgIpc) is 3.30. The number of hydrogen-bond donors (Lipinski definition) is 2. The number of aryl methyl sites for hydroxylation is 2. The highest BCUT2D eigenvalue weighted by Crippen LogP contribution is 2.25. The summed E-state index contributed by atoms with van der Waals surface area (Å²) >= 11 is 0. The quantitative estimate of drug-likeness (QED) is 0.883. The van der Waals surface area contributed by atoms with Crippen LogP contribution < -0.4 is 10.2 Å². The molecule has 0 spiro atoms. The van der Waals surface area contributed by atoms with Gasteiger partial charge in [0, 0.05) is 38.1 Å². The number of fused-ring (bicyclic) bond motifs is 1. The fourth-order valence-electron chi connectivity index (χ4n) is 3.89. The van der Waals surface area contributed by atoms with Crippen molar-refractivity contribution in [1.82, 2.24) is 15.3 Å². The van der Waals surface area contributed by atoms with Gasteiger partial charge < -0.3 is 19.9 Å². The molecule has 2 aliphatic heterocycles. The van der Waals surface area contributed by atoms with E-state index in [0.717, 1.165) is 69.1 Å². The standard InChI is InChI=1S/C20H28N4O2/c1-13-9-17-18(10-14(13)2)23-20(22-17)24-6-3-16(4-7-24)19(25)21-11-15-5-8-26-12-15/h9-10,15-16H,3-8,11-12H2,1-2H3,(H,21,25)(H,22,23). The van der Waals surface area contributed by atoms with Crippen LogP contribution >= 0.6 is 0 Å². The van der Waals surface area contributed by atoms with Crippen molar-refractivity contribution in [3.63, 3.8) is 0 Å². The number of imidazole rings is 1. The number of piperidine rings is 1. The van der Waals surface area contributed by atoms with Crippen molar-refractivity contribution in [2.75, 3.05) is 37.7 Å². The Hall–Kier alpha value is -2.08. The predicted molar refractivity (Wildman–Crippen MR) is 102 cm³/mol. The van der Waals surface area contributed by atoms with Crippen LogP contribution in [0.2, 0.25) is 0 Å². The van der Waals surface area contributed by atoms with E-state index >= 15 is 0 Å². The van der Waals surface area contributed by atoms with E-state index in [4.69, 9.17) is 9.72 Å². The maximum absolute atomic E-state index is 12.4. The number of carbonyl (C=O) groups excluding carboxylic acids is 1. The van der Waals surface area contributed by atoms with Crippen LogP contribution in [0.15, 0.2) is 12.1 Å². The summed E-state index contributed by atoms with van der Waals surface area (Å²) in [7, 11) is 0. The second kappa shape index (κ2) is 7.27. The summed E-state index contributed by atoms with van der Waals surface area (Å²) in [6, 6.07) is 4.30. The summed E-state index contributed by atoms with van der Waals surface area (Å²) in [5.74, 6) is 1.73. The monoisotopic (exact) mass is 356 g/mol.